The smallest absolute Gasteiger partial charge is 0.424 e. The summed E-state index contributed by atoms with van der Waals surface area (Å²) in [5.41, 5.74) is 5.85. The van der Waals surface area contributed by atoms with Crippen molar-refractivity contribution in [2.45, 2.75) is 77.5 Å². The number of carbonyl (C=O) groups excluding carboxylic acids is 4. The fraction of sp³-hybridized carbons (Fsp3) is 0.615. The second-order valence-electron chi connectivity index (χ2n) is 10.6. The Morgan fingerprint density at radius 3 is 2.46 bits per heavy atom. The second kappa shape index (κ2) is 11.6. The third-order valence-corrected chi connectivity index (χ3v) is 7.10. The van der Waals surface area contributed by atoms with Gasteiger partial charge in [0.25, 0.3) is 11.8 Å². The van der Waals surface area contributed by atoms with E-state index in [0.717, 1.165) is 19.1 Å². The average Bonchev–Trinajstić information content (AvgIpc) is 3.22. The molecule has 192 valence electrons. The van der Waals surface area contributed by atoms with Gasteiger partial charge in [0.2, 0.25) is 0 Å². The van der Waals surface area contributed by atoms with E-state index in [9.17, 15) is 19.2 Å². The van der Waals surface area contributed by atoms with Crippen molar-refractivity contribution in [3.63, 3.8) is 0 Å². The number of amides is 3. The molecule has 1 heterocycles. The maximum Gasteiger partial charge on any atom is 0.424 e. The molecule has 8 nitrogen and oxygen atoms in total. The molecule has 2 fully saturated rings. The van der Waals surface area contributed by atoms with Gasteiger partial charge in [-0.1, -0.05) is 43.7 Å². The molecule has 2 atom stereocenters. The van der Waals surface area contributed by atoms with Gasteiger partial charge in [-0.05, 0) is 62.8 Å². The van der Waals surface area contributed by atoms with Crippen LogP contribution < -0.4 is 5.73 Å². The molecule has 1 aliphatic carbocycles. The zero-order valence-corrected chi connectivity index (χ0v) is 21.6. The number of likely N-dealkylation sites (tertiary alicyclic amines) is 1. The first-order chi connectivity index (χ1) is 16.5. The fourth-order valence-corrected chi connectivity index (χ4v) is 5.42. The van der Waals surface area contributed by atoms with E-state index in [1.165, 1.54) is 19.3 Å². The van der Waals surface area contributed by atoms with Crippen LogP contribution >= 0.6 is 11.6 Å². The monoisotopic (exact) mass is 505 g/mol. The zero-order valence-electron chi connectivity index (χ0n) is 20.8. The summed E-state index contributed by atoms with van der Waals surface area (Å²) in [6.45, 7) is 5.44. The molecule has 2 N–H and O–H groups in total. The zero-order chi connectivity index (χ0) is 25.8. The number of rotatable bonds is 6. The van der Waals surface area contributed by atoms with E-state index in [1.807, 2.05) is 4.90 Å². The van der Waals surface area contributed by atoms with E-state index in [1.54, 1.807) is 39.0 Å². The molecule has 3 amide bonds. The molecular weight excluding hydrogens is 470 g/mol. The molecule has 0 bridgehead atoms. The number of nitrogens with zero attached hydrogens (tertiary/aromatic N) is 2. The summed E-state index contributed by atoms with van der Waals surface area (Å²) in [6.07, 6.45) is 6.03. The van der Waals surface area contributed by atoms with Crippen molar-refractivity contribution in [1.82, 2.24) is 9.80 Å². The van der Waals surface area contributed by atoms with Crippen molar-refractivity contribution in [1.29, 1.82) is 0 Å². The molecule has 0 aromatic heterocycles. The van der Waals surface area contributed by atoms with Gasteiger partial charge < -0.3 is 10.5 Å². The summed E-state index contributed by atoms with van der Waals surface area (Å²) in [6, 6.07) is 4.30. The highest BCUT2D eigenvalue weighted by Crippen LogP contribution is 2.39. The van der Waals surface area contributed by atoms with Crippen LogP contribution in [-0.2, 0) is 20.9 Å². The van der Waals surface area contributed by atoms with E-state index in [-0.39, 0.29) is 5.92 Å². The number of aldehydes is 1. The van der Waals surface area contributed by atoms with Crippen molar-refractivity contribution in [3.05, 3.63) is 34.3 Å². The summed E-state index contributed by atoms with van der Waals surface area (Å²) in [5, 5.41) is 0.491. The molecule has 1 saturated heterocycles. The Bertz CT molecular complexity index is 955. The number of imide groups is 3. The van der Waals surface area contributed by atoms with Gasteiger partial charge in [-0.2, -0.15) is 4.90 Å². The lowest BCUT2D eigenvalue weighted by atomic mass is 9.79. The highest BCUT2D eigenvalue weighted by molar-refractivity contribution is 6.30. The molecule has 0 spiro atoms. The average molecular weight is 506 g/mol. The molecular formula is C26H36ClN3O5. The van der Waals surface area contributed by atoms with Gasteiger partial charge >= 0.3 is 6.09 Å². The van der Waals surface area contributed by atoms with Crippen LogP contribution in [0.15, 0.2) is 18.2 Å². The molecule has 0 radical (unpaired) electrons. The maximum atomic E-state index is 13.7. The van der Waals surface area contributed by atoms with Gasteiger partial charge in [0, 0.05) is 23.7 Å². The van der Waals surface area contributed by atoms with Crippen molar-refractivity contribution in [2.75, 3.05) is 13.1 Å². The Labute approximate surface area is 212 Å². The number of benzene rings is 1. The van der Waals surface area contributed by atoms with E-state index in [2.05, 4.69) is 0 Å². The van der Waals surface area contributed by atoms with E-state index < -0.39 is 36.1 Å². The normalized spacial score (nSPS) is 21.5. The van der Waals surface area contributed by atoms with Crippen LogP contribution in [0.2, 0.25) is 5.02 Å². The lowest BCUT2D eigenvalue weighted by Gasteiger charge is -2.29. The molecule has 2 aliphatic rings. The van der Waals surface area contributed by atoms with Gasteiger partial charge in [-0.25, -0.2) is 4.79 Å². The van der Waals surface area contributed by atoms with Gasteiger partial charge in [0.05, 0.1) is 12.6 Å². The first-order valence-electron chi connectivity index (χ1n) is 12.3. The summed E-state index contributed by atoms with van der Waals surface area (Å²) in [7, 11) is 0. The van der Waals surface area contributed by atoms with Crippen molar-refractivity contribution in [2.24, 2.45) is 17.6 Å². The fourth-order valence-electron chi connectivity index (χ4n) is 5.23. The quantitative estimate of drug-likeness (QED) is 0.577. The summed E-state index contributed by atoms with van der Waals surface area (Å²) in [4.78, 5) is 53.4. The topological polar surface area (TPSA) is 110 Å². The standard InChI is InChI=1S/C26H36ClN3O5/c1-26(2,3)35-25(34)30(23(32)13-28)24(33)22-12-20(17-7-5-4-6-8-17)15-29(22)14-19-11-21(27)10-9-18(19)16-31/h9-11,16-17,20,22H,4-8,12-15,28H2,1-3H3/t20?,22-/m0/s1. The molecule has 1 aromatic rings. The number of hydrogen-bond acceptors (Lipinski definition) is 7. The van der Waals surface area contributed by atoms with Crippen molar-refractivity contribution < 1.29 is 23.9 Å². The lowest BCUT2D eigenvalue weighted by Crippen LogP contribution is -2.53. The number of nitrogens with two attached hydrogens (primary N) is 1. The number of hydrogen-bond donors (Lipinski definition) is 1. The van der Waals surface area contributed by atoms with Crippen LogP contribution in [0.5, 0.6) is 0 Å². The van der Waals surface area contributed by atoms with E-state index in [4.69, 9.17) is 22.1 Å². The van der Waals surface area contributed by atoms with Gasteiger partial charge in [0.15, 0.2) is 0 Å². The van der Waals surface area contributed by atoms with Crippen molar-refractivity contribution >= 4 is 35.8 Å². The summed E-state index contributed by atoms with van der Waals surface area (Å²) < 4.78 is 5.36. The largest absolute Gasteiger partial charge is 0.443 e. The SMILES string of the molecule is CC(C)(C)OC(=O)N(C(=O)CN)C(=O)[C@@H]1CC(C2CCCCC2)CN1Cc1cc(Cl)ccc1C=O. The Kier molecular flexibility index (Phi) is 9.07. The maximum absolute atomic E-state index is 13.7. The van der Waals surface area contributed by atoms with Gasteiger partial charge in [-0.15, -0.1) is 0 Å². The molecule has 3 rings (SSSR count). The van der Waals surface area contributed by atoms with Crippen molar-refractivity contribution in [3.8, 4) is 0 Å². The van der Waals surface area contributed by atoms with Gasteiger partial charge in [-0.3, -0.25) is 19.3 Å². The Morgan fingerprint density at radius 1 is 1.17 bits per heavy atom. The third-order valence-electron chi connectivity index (χ3n) is 6.86. The molecule has 1 unspecified atom stereocenters. The Balaban J connectivity index is 1.92. The number of carbonyl (C=O) groups is 4. The second-order valence-corrected chi connectivity index (χ2v) is 11.0. The van der Waals surface area contributed by atoms with Crippen LogP contribution in [0.25, 0.3) is 0 Å². The van der Waals surface area contributed by atoms with E-state index in [0.29, 0.717) is 46.5 Å². The number of ether oxygens (including phenoxy) is 1. The van der Waals surface area contributed by atoms with E-state index >= 15 is 0 Å². The molecule has 9 heteroatoms. The first kappa shape index (κ1) is 27.3. The lowest BCUT2D eigenvalue weighted by molar-refractivity contribution is -0.145. The van der Waals surface area contributed by atoms with Crippen LogP contribution in [0.3, 0.4) is 0 Å². The minimum atomic E-state index is -1.02. The summed E-state index contributed by atoms with van der Waals surface area (Å²) in [5.74, 6) is -0.713. The van der Waals surface area contributed by atoms with Gasteiger partial charge in [0.1, 0.15) is 11.9 Å². The predicted molar refractivity (Wildman–Crippen MR) is 133 cm³/mol. The minimum absolute atomic E-state index is 0.247. The van der Waals surface area contributed by atoms with Crippen LogP contribution in [0.1, 0.15) is 75.2 Å². The van der Waals surface area contributed by atoms with Crippen LogP contribution in [0, 0.1) is 11.8 Å². The summed E-state index contributed by atoms with van der Waals surface area (Å²) >= 11 is 6.19. The Hall–Kier alpha value is -2.29. The highest BCUT2D eigenvalue weighted by Gasteiger charge is 2.45. The molecule has 35 heavy (non-hydrogen) atoms. The van der Waals surface area contributed by atoms with Crippen LogP contribution in [0.4, 0.5) is 4.79 Å². The Morgan fingerprint density at radius 2 is 1.86 bits per heavy atom. The highest BCUT2D eigenvalue weighted by atomic mass is 35.5. The van der Waals surface area contributed by atoms with Crippen LogP contribution in [-0.4, -0.2) is 58.7 Å². The third kappa shape index (κ3) is 6.90. The molecule has 1 aliphatic heterocycles. The molecule has 1 saturated carbocycles. The minimum Gasteiger partial charge on any atom is -0.443 e. The predicted octanol–water partition coefficient (Wildman–Crippen LogP) is 4.17. The number of halogens is 1. The molecule has 1 aromatic carbocycles. The first-order valence-corrected chi connectivity index (χ1v) is 12.7.